The average Bonchev–Trinajstić information content (AvgIpc) is 2.27. The number of rotatable bonds is 5. The zero-order valence-corrected chi connectivity index (χ0v) is 10.2. The minimum Gasteiger partial charge on any atom is -0.380 e. The lowest BCUT2D eigenvalue weighted by Gasteiger charge is -2.44. The van der Waals surface area contributed by atoms with E-state index in [9.17, 15) is 0 Å². The van der Waals surface area contributed by atoms with E-state index in [1.165, 1.54) is 0 Å². The maximum Gasteiger partial charge on any atom is 0.0635 e. The van der Waals surface area contributed by atoms with Crippen molar-refractivity contribution in [1.29, 1.82) is 0 Å². The summed E-state index contributed by atoms with van der Waals surface area (Å²) >= 11 is 0. The van der Waals surface area contributed by atoms with Crippen molar-refractivity contribution >= 4 is 0 Å². The maximum absolute atomic E-state index is 6.16. The van der Waals surface area contributed by atoms with E-state index in [-0.39, 0.29) is 11.6 Å². The van der Waals surface area contributed by atoms with Crippen LogP contribution in [0.15, 0.2) is 0 Å². The molecule has 1 aliphatic rings. The van der Waals surface area contributed by atoms with Crippen LogP contribution in [0.3, 0.4) is 0 Å². The Morgan fingerprint density at radius 2 is 2.00 bits per heavy atom. The maximum atomic E-state index is 6.16. The van der Waals surface area contributed by atoms with E-state index in [0.29, 0.717) is 6.61 Å². The Hall–Kier alpha value is -0.160. The van der Waals surface area contributed by atoms with Gasteiger partial charge in [-0.3, -0.25) is 4.90 Å². The largest absolute Gasteiger partial charge is 0.380 e. The predicted molar refractivity (Wildman–Crippen MR) is 60.9 cm³/mol. The molecule has 1 aliphatic heterocycles. The van der Waals surface area contributed by atoms with Crippen molar-refractivity contribution in [1.82, 2.24) is 4.90 Å². The first-order chi connectivity index (χ1) is 7.09. The molecule has 0 aliphatic carbocycles. The van der Waals surface area contributed by atoms with Crippen LogP contribution in [-0.4, -0.2) is 56.0 Å². The molecule has 0 aromatic rings. The van der Waals surface area contributed by atoms with Crippen molar-refractivity contribution in [2.45, 2.75) is 32.4 Å². The highest BCUT2D eigenvalue weighted by Crippen LogP contribution is 2.19. The zero-order chi connectivity index (χ0) is 11.3. The van der Waals surface area contributed by atoms with Crippen LogP contribution in [0.4, 0.5) is 0 Å². The zero-order valence-electron chi connectivity index (χ0n) is 10.2. The first-order valence-corrected chi connectivity index (χ1v) is 5.75. The van der Waals surface area contributed by atoms with Crippen LogP contribution in [0.2, 0.25) is 0 Å². The second-order valence-corrected chi connectivity index (χ2v) is 4.52. The molecule has 4 nitrogen and oxygen atoms in total. The van der Waals surface area contributed by atoms with Crippen LogP contribution in [0.1, 0.15) is 20.8 Å². The van der Waals surface area contributed by atoms with Gasteiger partial charge in [-0.25, -0.2) is 0 Å². The molecule has 1 heterocycles. The molecule has 4 heteroatoms. The fourth-order valence-electron chi connectivity index (χ4n) is 1.82. The Morgan fingerprint density at radius 3 is 2.53 bits per heavy atom. The van der Waals surface area contributed by atoms with E-state index in [0.717, 1.165) is 32.9 Å². The second kappa shape index (κ2) is 5.80. The lowest BCUT2D eigenvalue weighted by molar-refractivity contribution is -0.0302. The van der Waals surface area contributed by atoms with E-state index in [1.54, 1.807) is 0 Å². The SMILES string of the molecule is CCOCC(N)C(C)(C)N1CCOCC1. The molecule has 2 N–H and O–H groups in total. The standard InChI is InChI=1S/C11H24N2O2/c1-4-14-9-10(12)11(2,3)13-5-7-15-8-6-13/h10H,4-9,12H2,1-3H3. The third kappa shape index (κ3) is 3.41. The molecular formula is C11H24N2O2. The average molecular weight is 216 g/mol. The smallest absolute Gasteiger partial charge is 0.0635 e. The first kappa shape index (κ1) is 12.9. The second-order valence-electron chi connectivity index (χ2n) is 4.52. The number of hydrogen-bond donors (Lipinski definition) is 1. The number of hydrogen-bond acceptors (Lipinski definition) is 4. The van der Waals surface area contributed by atoms with Gasteiger partial charge in [0, 0.05) is 31.3 Å². The Morgan fingerprint density at radius 1 is 1.40 bits per heavy atom. The summed E-state index contributed by atoms with van der Waals surface area (Å²) in [6.45, 7) is 11.3. The van der Waals surface area contributed by atoms with Crippen molar-refractivity contribution in [3.63, 3.8) is 0 Å². The molecule has 0 bridgehead atoms. The molecule has 0 spiro atoms. The number of morpholine rings is 1. The van der Waals surface area contributed by atoms with Crippen LogP contribution < -0.4 is 5.73 Å². The van der Waals surface area contributed by atoms with Gasteiger partial charge in [-0.2, -0.15) is 0 Å². The Kier molecular flexibility index (Phi) is 4.99. The minimum absolute atomic E-state index is 0.0149. The van der Waals surface area contributed by atoms with Crippen LogP contribution in [-0.2, 0) is 9.47 Å². The highest BCUT2D eigenvalue weighted by Gasteiger charge is 2.33. The fourth-order valence-corrected chi connectivity index (χ4v) is 1.82. The first-order valence-electron chi connectivity index (χ1n) is 5.75. The molecule has 0 aromatic heterocycles. The summed E-state index contributed by atoms with van der Waals surface area (Å²) in [6, 6.07) is 0.0514. The monoisotopic (exact) mass is 216 g/mol. The molecule has 1 rings (SSSR count). The van der Waals surface area contributed by atoms with Gasteiger partial charge >= 0.3 is 0 Å². The van der Waals surface area contributed by atoms with Gasteiger partial charge in [0.15, 0.2) is 0 Å². The van der Waals surface area contributed by atoms with Gasteiger partial charge < -0.3 is 15.2 Å². The van der Waals surface area contributed by atoms with Crippen LogP contribution in [0.5, 0.6) is 0 Å². The van der Waals surface area contributed by atoms with Crippen molar-refractivity contribution in [3.05, 3.63) is 0 Å². The predicted octanol–water partition coefficient (Wildman–Crippen LogP) is 0.461. The molecule has 1 unspecified atom stereocenters. The summed E-state index contributed by atoms with van der Waals surface area (Å²) in [5, 5.41) is 0. The lowest BCUT2D eigenvalue weighted by Crippen LogP contribution is -2.60. The summed E-state index contributed by atoms with van der Waals surface area (Å²) in [5.41, 5.74) is 6.15. The summed E-state index contributed by atoms with van der Waals surface area (Å²) < 4.78 is 10.7. The lowest BCUT2D eigenvalue weighted by atomic mass is 9.93. The quantitative estimate of drug-likeness (QED) is 0.725. The van der Waals surface area contributed by atoms with Crippen LogP contribution >= 0.6 is 0 Å². The van der Waals surface area contributed by atoms with Gasteiger partial charge in [0.1, 0.15) is 0 Å². The molecule has 1 atom stereocenters. The van der Waals surface area contributed by atoms with Gasteiger partial charge in [-0.05, 0) is 20.8 Å². The molecule has 0 radical (unpaired) electrons. The van der Waals surface area contributed by atoms with E-state index in [2.05, 4.69) is 18.7 Å². The number of ether oxygens (including phenoxy) is 2. The molecule has 0 saturated carbocycles. The van der Waals surface area contributed by atoms with E-state index < -0.39 is 0 Å². The normalized spacial score (nSPS) is 21.6. The molecule has 0 amide bonds. The van der Waals surface area contributed by atoms with E-state index in [1.807, 2.05) is 6.92 Å². The highest BCUT2D eigenvalue weighted by molar-refractivity contribution is 4.92. The van der Waals surface area contributed by atoms with Crippen LogP contribution in [0, 0.1) is 0 Å². The Bertz CT molecular complexity index is 179. The molecule has 90 valence electrons. The Balaban J connectivity index is 2.46. The Labute approximate surface area is 92.7 Å². The highest BCUT2D eigenvalue weighted by atomic mass is 16.5. The van der Waals surface area contributed by atoms with E-state index >= 15 is 0 Å². The minimum atomic E-state index is -0.0149. The molecule has 0 aromatic carbocycles. The molecule has 15 heavy (non-hydrogen) atoms. The molecular weight excluding hydrogens is 192 g/mol. The topological polar surface area (TPSA) is 47.7 Å². The summed E-state index contributed by atoms with van der Waals surface area (Å²) in [4.78, 5) is 2.39. The summed E-state index contributed by atoms with van der Waals surface area (Å²) in [7, 11) is 0. The fraction of sp³-hybridized carbons (Fsp3) is 1.00. The summed E-state index contributed by atoms with van der Waals surface area (Å²) in [5.74, 6) is 0. The van der Waals surface area contributed by atoms with E-state index in [4.69, 9.17) is 15.2 Å². The molecule has 1 saturated heterocycles. The van der Waals surface area contributed by atoms with Gasteiger partial charge in [0.2, 0.25) is 0 Å². The summed E-state index contributed by atoms with van der Waals surface area (Å²) in [6.07, 6.45) is 0. The third-order valence-electron chi connectivity index (χ3n) is 3.24. The van der Waals surface area contributed by atoms with Crippen molar-refractivity contribution in [2.24, 2.45) is 5.73 Å². The van der Waals surface area contributed by atoms with Crippen molar-refractivity contribution in [3.8, 4) is 0 Å². The van der Waals surface area contributed by atoms with Crippen LogP contribution in [0.25, 0.3) is 0 Å². The third-order valence-corrected chi connectivity index (χ3v) is 3.24. The van der Waals surface area contributed by atoms with Gasteiger partial charge in [0.25, 0.3) is 0 Å². The van der Waals surface area contributed by atoms with Crippen molar-refractivity contribution < 1.29 is 9.47 Å². The number of nitrogens with two attached hydrogens (primary N) is 1. The van der Waals surface area contributed by atoms with Gasteiger partial charge in [0.05, 0.1) is 19.8 Å². The molecule has 1 fully saturated rings. The van der Waals surface area contributed by atoms with Crippen molar-refractivity contribution in [2.75, 3.05) is 39.5 Å². The van der Waals surface area contributed by atoms with Gasteiger partial charge in [-0.1, -0.05) is 0 Å². The van der Waals surface area contributed by atoms with Gasteiger partial charge in [-0.15, -0.1) is 0 Å². The number of nitrogens with zero attached hydrogens (tertiary/aromatic N) is 1.